The molecule has 4 rings (SSSR count). The summed E-state index contributed by atoms with van der Waals surface area (Å²) in [6.45, 7) is 0.633. The summed E-state index contributed by atoms with van der Waals surface area (Å²) in [4.78, 5) is 37.5. The molecule has 3 aromatic rings. The molecular formula is C26H25N3O4. The second kappa shape index (κ2) is 9.67. The summed E-state index contributed by atoms with van der Waals surface area (Å²) in [7, 11) is 1.80. The molecule has 1 heterocycles. The van der Waals surface area contributed by atoms with Crippen LogP contribution in [0.15, 0.2) is 78.9 Å². The van der Waals surface area contributed by atoms with Crippen molar-refractivity contribution in [2.75, 3.05) is 13.6 Å². The van der Waals surface area contributed by atoms with E-state index < -0.39 is 24.1 Å². The minimum atomic E-state index is -1.14. The van der Waals surface area contributed by atoms with Gasteiger partial charge in [-0.05, 0) is 40.8 Å². The van der Waals surface area contributed by atoms with Crippen molar-refractivity contribution in [2.24, 2.45) is 0 Å². The molecule has 2 unspecified atom stereocenters. The molecule has 4 amide bonds. The van der Waals surface area contributed by atoms with Crippen LogP contribution in [0, 0.1) is 0 Å². The summed E-state index contributed by atoms with van der Waals surface area (Å²) in [5.74, 6) is -0.585. The number of carbonyl (C=O) groups excluding carboxylic acids is 3. The van der Waals surface area contributed by atoms with Crippen LogP contribution in [-0.4, -0.2) is 47.5 Å². The van der Waals surface area contributed by atoms with E-state index in [0.717, 1.165) is 17.5 Å². The van der Waals surface area contributed by atoms with E-state index >= 15 is 0 Å². The van der Waals surface area contributed by atoms with Gasteiger partial charge in [0.1, 0.15) is 12.1 Å². The van der Waals surface area contributed by atoms with Gasteiger partial charge >= 0.3 is 6.03 Å². The van der Waals surface area contributed by atoms with E-state index in [0.29, 0.717) is 17.7 Å². The van der Waals surface area contributed by atoms with Crippen molar-refractivity contribution in [3.05, 3.63) is 95.6 Å². The fraction of sp³-hybridized carbons (Fsp3) is 0.192. The highest BCUT2D eigenvalue weighted by Crippen LogP contribution is 2.25. The number of carbonyl (C=O) groups is 3. The number of nitrogens with one attached hydrogen (secondary N) is 2. The van der Waals surface area contributed by atoms with Gasteiger partial charge in [-0.1, -0.05) is 66.7 Å². The fourth-order valence-corrected chi connectivity index (χ4v) is 3.79. The zero-order chi connectivity index (χ0) is 23.4. The molecule has 1 aliphatic rings. The quantitative estimate of drug-likeness (QED) is 0.489. The van der Waals surface area contributed by atoms with E-state index in [-0.39, 0.29) is 5.91 Å². The minimum absolute atomic E-state index is 0.0344. The first-order valence-corrected chi connectivity index (χ1v) is 10.7. The Hall–Kier alpha value is -3.97. The number of amides is 4. The molecule has 0 bridgehead atoms. The van der Waals surface area contributed by atoms with Crippen LogP contribution in [0.4, 0.5) is 4.79 Å². The monoisotopic (exact) mass is 443 g/mol. The Morgan fingerprint density at radius 2 is 1.55 bits per heavy atom. The number of hydrogen-bond donors (Lipinski definition) is 3. The maximum absolute atomic E-state index is 12.7. The maximum Gasteiger partial charge on any atom is 0.322 e. The highest BCUT2D eigenvalue weighted by molar-refractivity contribution is 6.04. The van der Waals surface area contributed by atoms with Crippen LogP contribution in [0.3, 0.4) is 0 Å². The minimum Gasteiger partial charge on any atom is -0.386 e. The lowest BCUT2D eigenvalue weighted by Gasteiger charge is -2.18. The summed E-state index contributed by atoms with van der Waals surface area (Å²) in [6.07, 6.45) is -0.345. The first kappa shape index (κ1) is 22.2. The van der Waals surface area contributed by atoms with E-state index in [2.05, 4.69) is 22.8 Å². The van der Waals surface area contributed by atoms with Gasteiger partial charge in [-0.3, -0.25) is 14.9 Å². The van der Waals surface area contributed by atoms with Gasteiger partial charge in [0.15, 0.2) is 0 Å². The first-order valence-electron chi connectivity index (χ1n) is 10.7. The zero-order valence-electron chi connectivity index (χ0n) is 18.2. The summed E-state index contributed by atoms with van der Waals surface area (Å²) >= 11 is 0. The number of hydrogen-bond acceptors (Lipinski definition) is 4. The standard InChI is InChI=1S/C26H25N3O4/c1-29(16-15-17-5-3-2-4-6-17)25(32)21-13-9-19(10-14-21)18-7-11-20(12-8-18)23(30)22-24(31)28-26(33)27-22/h2-14,22-23,30H,15-16H2,1H3,(H2,27,28,31,33). The third-order valence-corrected chi connectivity index (χ3v) is 5.76. The Balaban J connectivity index is 1.39. The number of urea groups is 1. The van der Waals surface area contributed by atoms with Gasteiger partial charge in [-0.2, -0.15) is 0 Å². The molecule has 1 fully saturated rings. The van der Waals surface area contributed by atoms with Crippen molar-refractivity contribution in [1.29, 1.82) is 0 Å². The largest absolute Gasteiger partial charge is 0.386 e. The third kappa shape index (κ3) is 5.10. The van der Waals surface area contributed by atoms with Crippen molar-refractivity contribution in [3.63, 3.8) is 0 Å². The lowest BCUT2D eigenvalue weighted by Crippen LogP contribution is -2.35. The predicted molar refractivity (Wildman–Crippen MR) is 124 cm³/mol. The summed E-state index contributed by atoms with van der Waals surface area (Å²) < 4.78 is 0. The van der Waals surface area contributed by atoms with E-state index in [1.165, 1.54) is 5.56 Å². The van der Waals surface area contributed by atoms with Crippen LogP contribution in [0.25, 0.3) is 11.1 Å². The molecule has 0 aromatic heterocycles. The number of nitrogens with zero attached hydrogens (tertiary/aromatic N) is 1. The second-order valence-electron chi connectivity index (χ2n) is 8.05. The molecule has 0 saturated carbocycles. The molecule has 3 aromatic carbocycles. The molecule has 3 N–H and O–H groups in total. The molecule has 1 aliphatic heterocycles. The maximum atomic E-state index is 12.7. The molecule has 0 spiro atoms. The number of benzene rings is 3. The smallest absolute Gasteiger partial charge is 0.322 e. The van der Waals surface area contributed by atoms with Crippen molar-refractivity contribution in [3.8, 4) is 11.1 Å². The zero-order valence-corrected chi connectivity index (χ0v) is 18.2. The van der Waals surface area contributed by atoms with Crippen LogP contribution in [0.2, 0.25) is 0 Å². The summed E-state index contributed by atoms with van der Waals surface area (Å²) in [5.41, 5.74) is 4.16. The summed E-state index contributed by atoms with van der Waals surface area (Å²) in [5, 5.41) is 14.9. The van der Waals surface area contributed by atoms with Crippen LogP contribution in [-0.2, 0) is 11.2 Å². The Bertz CT molecular complexity index is 1140. The lowest BCUT2D eigenvalue weighted by molar-refractivity contribution is -0.122. The van der Waals surface area contributed by atoms with Gasteiger partial charge in [-0.15, -0.1) is 0 Å². The van der Waals surface area contributed by atoms with Gasteiger partial charge in [0.2, 0.25) is 0 Å². The van der Waals surface area contributed by atoms with Gasteiger partial charge in [0.05, 0.1) is 0 Å². The van der Waals surface area contributed by atoms with Crippen molar-refractivity contribution >= 4 is 17.8 Å². The van der Waals surface area contributed by atoms with E-state index in [4.69, 9.17) is 0 Å². The number of aliphatic hydroxyl groups is 1. The second-order valence-corrected chi connectivity index (χ2v) is 8.05. The number of aliphatic hydroxyl groups excluding tert-OH is 1. The van der Waals surface area contributed by atoms with Crippen molar-refractivity contribution in [1.82, 2.24) is 15.5 Å². The first-order chi connectivity index (χ1) is 15.9. The van der Waals surface area contributed by atoms with E-state index in [9.17, 15) is 19.5 Å². The topological polar surface area (TPSA) is 98.7 Å². The van der Waals surface area contributed by atoms with E-state index in [1.54, 1.807) is 36.2 Å². The highest BCUT2D eigenvalue weighted by atomic mass is 16.3. The molecule has 0 radical (unpaired) electrons. The molecular weight excluding hydrogens is 418 g/mol. The number of likely N-dealkylation sites (N-methyl/N-ethyl adjacent to an activating group) is 1. The molecule has 1 saturated heterocycles. The van der Waals surface area contributed by atoms with Crippen LogP contribution >= 0.6 is 0 Å². The number of imide groups is 1. The fourth-order valence-electron chi connectivity index (χ4n) is 3.79. The molecule has 168 valence electrons. The van der Waals surface area contributed by atoms with Crippen molar-refractivity contribution in [2.45, 2.75) is 18.6 Å². The highest BCUT2D eigenvalue weighted by Gasteiger charge is 2.36. The Kier molecular flexibility index (Phi) is 6.51. The average molecular weight is 444 g/mol. The van der Waals surface area contributed by atoms with Crippen LogP contribution in [0.5, 0.6) is 0 Å². The molecule has 7 nitrogen and oxygen atoms in total. The molecule has 0 aliphatic carbocycles. The van der Waals surface area contributed by atoms with Gasteiger partial charge in [0.25, 0.3) is 11.8 Å². The lowest BCUT2D eigenvalue weighted by atomic mass is 9.98. The van der Waals surface area contributed by atoms with Crippen LogP contribution in [0.1, 0.15) is 27.6 Å². The molecule has 2 atom stereocenters. The SMILES string of the molecule is CN(CCc1ccccc1)C(=O)c1ccc(-c2ccc(C(O)C3NC(=O)NC3=O)cc2)cc1. The van der Waals surface area contributed by atoms with Crippen molar-refractivity contribution < 1.29 is 19.5 Å². The normalized spacial score (nSPS) is 16.1. The Morgan fingerprint density at radius 3 is 2.12 bits per heavy atom. The van der Waals surface area contributed by atoms with E-state index in [1.807, 2.05) is 42.5 Å². The van der Waals surface area contributed by atoms with Crippen LogP contribution < -0.4 is 10.6 Å². The Morgan fingerprint density at radius 1 is 0.939 bits per heavy atom. The number of rotatable bonds is 7. The Labute approximate surface area is 192 Å². The third-order valence-electron chi connectivity index (χ3n) is 5.76. The van der Waals surface area contributed by atoms with Gasteiger partial charge < -0.3 is 15.3 Å². The van der Waals surface area contributed by atoms with Gasteiger partial charge in [-0.25, -0.2) is 4.79 Å². The predicted octanol–water partition coefficient (Wildman–Crippen LogP) is 2.91. The van der Waals surface area contributed by atoms with Gasteiger partial charge in [0, 0.05) is 19.2 Å². The molecule has 33 heavy (non-hydrogen) atoms. The molecule has 7 heteroatoms. The summed E-state index contributed by atoms with van der Waals surface area (Å²) in [6, 6.07) is 22.9. The average Bonchev–Trinajstić information content (AvgIpc) is 3.20.